The van der Waals surface area contributed by atoms with Crippen LogP contribution in [0.3, 0.4) is 0 Å². The maximum absolute atomic E-state index is 13.6. The largest absolute Gasteiger partial charge is 0.325 e. The summed E-state index contributed by atoms with van der Waals surface area (Å²) in [6.07, 6.45) is 3.02. The Morgan fingerprint density at radius 1 is 0.821 bits per heavy atom. The SMILES string of the molecule is Cc1ccc(S(=O)(=O)N2Cc3ccccc3CC2C(=O)Nc2ccc(S(=O)(=O)Nc3ncccn3)cc2)cc1. The first kappa shape index (κ1) is 26.5. The maximum Gasteiger partial charge on any atom is 0.264 e. The molecule has 1 atom stereocenters. The first-order chi connectivity index (χ1) is 18.6. The third-order valence-corrected chi connectivity index (χ3v) is 9.57. The number of rotatable bonds is 7. The standard InChI is InChI=1S/C27H25N5O5S2/c1-19-7-11-24(12-8-19)39(36,37)32-18-21-6-3-2-5-20(21)17-25(32)26(33)30-22-9-13-23(14-10-22)38(34,35)31-27-28-15-4-16-29-27/h2-16,25H,17-18H2,1H3,(H,30,33)(H,28,29,31). The summed E-state index contributed by atoms with van der Waals surface area (Å²) in [5.74, 6) is -0.589. The number of fused-ring (bicyclic) bond motifs is 1. The van der Waals surface area contributed by atoms with Gasteiger partial charge in [-0.3, -0.25) is 4.79 Å². The van der Waals surface area contributed by atoms with Gasteiger partial charge in [-0.1, -0.05) is 42.0 Å². The van der Waals surface area contributed by atoms with Crippen LogP contribution in [0.15, 0.2) is 101 Å². The smallest absolute Gasteiger partial charge is 0.264 e. The fourth-order valence-corrected chi connectivity index (χ4v) is 6.82. The Morgan fingerprint density at radius 3 is 2.10 bits per heavy atom. The van der Waals surface area contributed by atoms with Crippen molar-refractivity contribution in [3.8, 4) is 0 Å². The Balaban J connectivity index is 1.39. The number of hydrogen-bond acceptors (Lipinski definition) is 7. The number of anilines is 2. The molecule has 1 aliphatic heterocycles. The van der Waals surface area contributed by atoms with Crippen molar-refractivity contribution in [1.29, 1.82) is 0 Å². The van der Waals surface area contributed by atoms with Crippen LogP contribution in [0.4, 0.5) is 11.6 Å². The third kappa shape index (κ3) is 5.67. The number of carbonyl (C=O) groups is 1. The molecule has 0 saturated heterocycles. The molecule has 2 N–H and O–H groups in total. The second-order valence-corrected chi connectivity index (χ2v) is 12.6. The van der Waals surface area contributed by atoms with Crippen molar-refractivity contribution in [3.05, 3.63) is 108 Å². The number of carbonyl (C=O) groups excluding carboxylic acids is 1. The van der Waals surface area contributed by atoms with Crippen LogP contribution in [0.1, 0.15) is 16.7 Å². The van der Waals surface area contributed by atoms with Crippen molar-refractivity contribution >= 4 is 37.6 Å². The number of amides is 1. The lowest BCUT2D eigenvalue weighted by molar-refractivity contribution is -0.120. The Bertz CT molecular complexity index is 1710. The fraction of sp³-hybridized carbons (Fsp3) is 0.148. The van der Waals surface area contributed by atoms with Crippen molar-refractivity contribution < 1.29 is 21.6 Å². The summed E-state index contributed by atoms with van der Waals surface area (Å²) in [5, 5.41) is 2.75. The van der Waals surface area contributed by atoms with Crippen LogP contribution < -0.4 is 10.0 Å². The van der Waals surface area contributed by atoms with E-state index < -0.39 is 32.0 Å². The van der Waals surface area contributed by atoms with Gasteiger partial charge in [0.1, 0.15) is 6.04 Å². The van der Waals surface area contributed by atoms with Gasteiger partial charge in [0.25, 0.3) is 10.0 Å². The highest BCUT2D eigenvalue weighted by atomic mass is 32.2. The molecule has 4 aromatic rings. The van der Waals surface area contributed by atoms with E-state index in [9.17, 15) is 21.6 Å². The van der Waals surface area contributed by atoms with E-state index in [1.807, 2.05) is 31.2 Å². The van der Waals surface area contributed by atoms with E-state index in [-0.39, 0.29) is 28.7 Å². The van der Waals surface area contributed by atoms with Crippen LogP contribution in [0.2, 0.25) is 0 Å². The van der Waals surface area contributed by atoms with Gasteiger partial charge < -0.3 is 5.32 Å². The van der Waals surface area contributed by atoms with Crippen LogP contribution in [0, 0.1) is 6.92 Å². The lowest BCUT2D eigenvalue weighted by Crippen LogP contribution is -2.50. The Hall–Kier alpha value is -4.13. The van der Waals surface area contributed by atoms with E-state index in [1.165, 1.54) is 53.1 Å². The molecular formula is C27H25N5O5S2. The van der Waals surface area contributed by atoms with Gasteiger partial charge in [-0.25, -0.2) is 31.5 Å². The molecule has 200 valence electrons. The number of sulfonamides is 2. The quantitative estimate of drug-likeness (QED) is 0.352. The van der Waals surface area contributed by atoms with Crippen LogP contribution in [-0.4, -0.2) is 43.1 Å². The molecule has 5 rings (SSSR count). The highest BCUT2D eigenvalue weighted by Gasteiger charge is 2.39. The number of aryl methyl sites for hydroxylation is 1. The molecule has 10 nitrogen and oxygen atoms in total. The van der Waals surface area contributed by atoms with Crippen molar-refractivity contribution in [3.63, 3.8) is 0 Å². The zero-order valence-electron chi connectivity index (χ0n) is 20.9. The van der Waals surface area contributed by atoms with Crippen LogP contribution in [-0.2, 0) is 37.8 Å². The molecule has 1 aromatic heterocycles. The van der Waals surface area contributed by atoms with E-state index in [2.05, 4.69) is 20.0 Å². The van der Waals surface area contributed by atoms with Crippen molar-refractivity contribution in [2.45, 2.75) is 35.7 Å². The Kier molecular flexibility index (Phi) is 7.17. The van der Waals surface area contributed by atoms with Gasteiger partial charge in [0.2, 0.25) is 21.9 Å². The first-order valence-electron chi connectivity index (χ1n) is 12.0. The van der Waals surface area contributed by atoms with E-state index in [1.54, 1.807) is 18.2 Å². The Labute approximate surface area is 226 Å². The average molecular weight is 564 g/mol. The predicted octanol–water partition coefficient (Wildman–Crippen LogP) is 3.34. The monoisotopic (exact) mass is 563 g/mol. The van der Waals surface area contributed by atoms with E-state index in [0.29, 0.717) is 5.69 Å². The summed E-state index contributed by atoms with van der Waals surface area (Å²) < 4.78 is 56.1. The maximum atomic E-state index is 13.6. The van der Waals surface area contributed by atoms with E-state index in [0.717, 1.165) is 16.7 Å². The number of nitrogens with zero attached hydrogens (tertiary/aromatic N) is 3. The number of hydrogen-bond donors (Lipinski definition) is 2. The normalized spacial score (nSPS) is 15.8. The number of benzene rings is 3. The predicted molar refractivity (Wildman–Crippen MR) is 146 cm³/mol. The molecule has 0 bridgehead atoms. The summed E-state index contributed by atoms with van der Waals surface area (Å²) in [7, 11) is -7.94. The molecule has 39 heavy (non-hydrogen) atoms. The summed E-state index contributed by atoms with van der Waals surface area (Å²) in [6.45, 7) is 1.92. The molecule has 0 radical (unpaired) electrons. The van der Waals surface area contributed by atoms with Gasteiger partial charge in [0.15, 0.2) is 0 Å². The lowest BCUT2D eigenvalue weighted by atomic mass is 9.95. The van der Waals surface area contributed by atoms with Gasteiger partial charge in [-0.15, -0.1) is 0 Å². The van der Waals surface area contributed by atoms with Gasteiger partial charge in [0, 0.05) is 24.6 Å². The van der Waals surface area contributed by atoms with E-state index >= 15 is 0 Å². The van der Waals surface area contributed by atoms with Gasteiger partial charge in [-0.2, -0.15) is 4.31 Å². The van der Waals surface area contributed by atoms with Crippen molar-refractivity contribution in [1.82, 2.24) is 14.3 Å². The molecule has 0 fully saturated rings. The van der Waals surface area contributed by atoms with Crippen LogP contribution in [0.5, 0.6) is 0 Å². The molecule has 3 aromatic carbocycles. The molecule has 2 heterocycles. The Morgan fingerprint density at radius 2 is 1.44 bits per heavy atom. The molecular weight excluding hydrogens is 538 g/mol. The zero-order valence-corrected chi connectivity index (χ0v) is 22.5. The van der Waals surface area contributed by atoms with Gasteiger partial charge >= 0.3 is 0 Å². The number of aromatic nitrogens is 2. The highest BCUT2D eigenvalue weighted by Crippen LogP contribution is 2.30. The first-order valence-corrected chi connectivity index (χ1v) is 14.9. The van der Waals surface area contributed by atoms with Crippen molar-refractivity contribution in [2.24, 2.45) is 0 Å². The molecule has 1 aliphatic rings. The minimum absolute atomic E-state index is 0.0505. The number of nitrogens with one attached hydrogen (secondary N) is 2. The molecule has 0 aliphatic carbocycles. The summed E-state index contributed by atoms with van der Waals surface area (Å²) in [5.41, 5.74) is 2.97. The highest BCUT2D eigenvalue weighted by molar-refractivity contribution is 7.92. The topological polar surface area (TPSA) is 138 Å². The van der Waals surface area contributed by atoms with E-state index in [4.69, 9.17) is 0 Å². The molecule has 1 amide bonds. The summed E-state index contributed by atoms with van der Waals surface area (Å²) >= 11 is 0. The van der Waals surface area contributed by atoms with Gasteiger partial charge in [-0.05, 0) is 66.9 Å². The summed E-state index contributed by atoms with van der Waals surface area (Å²) in [6, 6.07) is 20.0. The van der Waals surface area contributed by atoms with Gasteiger partial charge in [0.05, 0.1) is 9.79 Å². The molecule has 0 saturated carbocycles. The second kappa shape index (κ2) is 10.6. The van der Waals surface area contributed by atoms with Crippen LogP contribution >= 0.6 is 0 Å². The minimum Gasteiger partial charge on any atom is -0.325 e. The molecule has 12 heteroatoms. The fourth-order valence-electron chi connectivity index (χ4n) is 4.29. The zero-order chi connectivity index (χ0) is 27.6. The molecule has 1 unspecified atom stereocenters. The van der Waals surface area contributed by atoms with Crippen molar-refractivity contribution in [2.75, 3.05) is 10.0 Å². The summed E-state index contributed by atoms with van der Waals surface area (Å²) in [4.78, 5) is 21.2. The van der Waals surface area contributed by atoms with Crippen LogP contribution in [0.25, 0.3) is 0 Å². The average Bonchev–Trinajstić information content (AvgIpc) is 2.93. The molecule has 0 spiro atoms. The lowest BCUT2D eigenvalue weighted by Gasteiger charge is -2.35. The minimum atomic E-state index is -3.99. The third-order valence-electron chi connectivity index (χ3n) is 6.36. The second-order valence-electron chi connectivity index (χ2n) is 9.04.